The molecule has 2 saturated heterocycles. The Balaban J connectivity index is 1.23. The van der Waals surface area contributed by atoms with Gasteiger partial charge in [-0.3, -0.25) is 23.9 Å². The monoisotopic (exact) mass is 751 g/mol. The van der Waals surface area contributed by atoms with Gasteiger partial charge in [0.05, 0.1) is 43.4 Å². The SMILES string of the molecule is COc1cc2ccnc3c2cc1CCC[C@@H](C)COC(=O)C[C@H]1CCCCCCC[C@H]2C[C@@]2(C(=O)NS(=O)(=O)C2CC2)CC(=O)[C@@H]2C[C@H](CN2C1=O)O3. The summed E-state index contributed by atoms with van der Waals surface area (Å²) in [5, 5.41) is 1.13. The number of cyclic esters (lactones) is 1. The van der Waals surface area contributed by atoms with Gasteiger partial charge in [0, 0.05) is 30.3 Å². The number of fused-ring (bicyclic) bond motifs is 4. The average molecular weight is 752 g/mol. The van der Waals surface area contributed by atoms with Gasteiger partial charge in [-0.1, -0.05) is 39.0 Å². The second-order valence-corrected chi connectivity index (χ2v) is 18.2. The predicted molar refractivity (Wildman–Crippen MR) is 197 cm³/mol. The van der Waals surface area contributed by atoms with Gasteiger partial charge in [0.1, 0.15) is 11.9 Å². The Morgan fingerprint density at radius 1 is 1.02 bits per heavy atom. The van der Waals surface area contributed by atoms with Crippen LogP contribution in [0.25, 0.3) is 10.8 Å². The molecule has 53 heavy (non-hydrogen) atoms. The highest BCUT2D eigenvalue weighted by molar-refractivity contribution is 7.90. The minimum absolute atomic E-state index is 0.0788. The number of aryl methyl sites for hydroxylation is 1. The normalized spacial score (nSPS) is 30.6. The first-order chi connectivity index (χ1) is 25.5. The molecule has 1 aromatic heterocycles. The van der Waals surface area contributed by atoms with E-state index in [1.165, 1.54) is 0 Å². The van der Waals surface area contributed by atoms with E-state index in [1.54, 1.807) is 18.2 Å². The standard InChI is InChI=1S/C40H53N3O9S/c1-25-9-8-11-27-17-32-26(18-35(27)50-2)15-16-41-37(32)52-30-20-33-34(44)22-40(39(47)42-53(48,49)31-13-14-31)21-29(40)12-7-5-3-4-6-10-28(19-36(45)51-24-25)38(46)43(33)23-30/h15-18,25,28-31,33H,3-14,19-24H2,1-2H3,(H,42,47)/t25-,28-,29+,30-,33+,40-/m1/s1. The molecule has 4 heterocycles. The summed E-state index contributed by atoms with van der Waals surface area (Å²) in [4.78, 5) is 62.3. The van der Waals surface area contributed by atoms with Gasteiger partial charge < -0.3 is 19.1 Å². The number of pyridine rings is 1. The fourth-order valence-corrected chi connectivity index (χ4v) is 10.2. The van der Waals surface area contributed by atoms with E-state index < -0.39 is 50.6 Å². The molecule has 2 saturated carbocycles. The van der Waals surface area contributed by atoms with Crippen molar-refractivity contribution in [1.82, 2.24) is 14.6 Å². The molecule has 7 rings (SSSR count). The summed E-state index contributed by atoms with van der Waals surface area (Å²) in [7, 11) is -2.16. The number of ether oxygens (including phenoxy) is 3. The zero-order valence-electron chi connectivity index (χ0n) is 31.0. The van der Waals surface area contributed by atoms with E-state index in [9.17, 15) is 27.6 Å². The lowest BCUT2D eigenvalue weighted by molar-refractivity contribution is -0.151. The summed E-state index contributed by atoms with van der Waals surface area (Å²) in [6, 6.07) is 5.00. The van der Waals surface area contributed by atoms with Crippen molar-refractivity contribution in [3.05, 3.63) is 30.0 Å². The highest BCUT2D eigenvalue weighted by atomic mass is 32.2. The van der Waals surface area contributed by atoms with E-state index in [2.05, 4.69) is 9.71 Å². The van der Waals surface area contributed by atoms with Gasteiger partial charge in [0.25, 0.3) is 0 Å². The summed E-state index contributed by atoms with van der Waals surface area (Å²) < 4.78 is 46.2. The maximum absolute atomic E-state index is 14.6. The number of Topliss-reactive ketones (excluding diaryl/α,β-unsaturated/α-hetero) is 1. The van der Waals surface area contributed by atoms with Crippen LogP contribution < -0.4 is 14.2 Å². The van der Waals surface area contributed by atoms with Crippen molar-refractivity contribution < 1.29 is 41.8 Å². The summed E-state index contributed by atoms with van der Waals surface area (Å²) in [6.07, 6.45) is 10.6. The first kappa shape index (κ1) is 37.6. The van der Waals surface area contributed by atoms with Crippen molar-refractivity contribution in [2.45, 2.75) is 127 Å². The van der Waals surface area contributed by atoms with Gasteiger partial charge in [-0.15, -0.1) is 0 Å². The third-order valence-corrected chi connectivity index (χ3v) is 14.1. The predicted octanol–water partition coefficient (Wildman–Crippen LogP) is 5.43. The fraction of sp³-hybridized carbons (Fsp3) is 0.675. The van der Waals surface area contributed by atoms with Crippen LogP contribution >= 0.6 is 0 Å². The first-order valence-corrected chi connectivity index (χ1v) is 21.2. The summed E-state index contributed by atoms with van der Waals surface area (Å²) in [5.74, 6) is -1.12. The van der Waals surface area contributed by atoms with Crippen molar-refractivity contribution in [3.63, 3.8) is 0 Å². The lowest BCUT2D eigenvalue weighted by Crippen LogP contribution is -2.46. The lowest BCUT2D eigenvalue weighted by atomic mass is 9.90. The molecule has 1 aromatic carbocycles. The number of hydrogen-bond donors (Lipinski definition) is 1. The van der Waals surface area contributed by atoms with Gasteiger partial charge in [-0.05, 0) is 92.4 Å². The van der Waals surface area contributed by atoms with Gasteiger partial charge in [0.2, 0.25) is 27.7 Å². The third kappa shape index (κ3) is 8.34. The van der Waals surface area contributed by atoms with E-state index in [1.807, 2.05) is 25.1 Å². The Bertz CT molecular complexity index is 1850. The van der Waals surface area contributed by atoms with Crippen LogP contribution in [0.1, 0.15) is 109 Å². The number of esters is 1. The van der Waals surface area contributed by atoms with Crippen LogP contribution in [-0.4, -0.2) is 79.5 Å². The fourth-order valence-electron chi connectivity index (χ4n) is 8.82. The van der Waals surface area contributed by atoms with E-state index in [0.29, 0.717) is 31.6 Å². The zero-order valence-corrected chi connectivity index (χ0v) is 31.8. The molecule has 4 fully saturated rings. The number of ketones is 1. The quantitative estimate of drug-likeness (QED) is 0.400. The largest absolute Gasteiger partial charge is 0.496 e. The number of nitrogens with one attached hydrogen (secondary N) is 1. The topological polar surface area (TPSA) is 158 Å². The zero-order chi connectivity index (χ0) is 37.3. The van der Waals surface area contributed by atoms with Crippen molar-refractivity contribution in [2.75, 3.05) is 20.3 Å². The molecule has 0 radical (unpaired) electrons. The molecule has 1 N–H and O–H groups in total. The number of amides is 2. The number of carbonyl (C=O) groups excluding carboxylic acids is 4. The molecule has 0 spiro atoms. The van der Waals surface area contributed by atoms with Gasteiger partial charge in [0.15, 0.2) is 5.78 Å². The smallest absolute Gasteiger partial charge is 0.306 e. The summed E-state index contributed by atoms with van der Waals surface area (Å²) in [5.41, 5.74) is -0.132. The van der Waals surface area contributed by atoms with E-state index >= 15 is 0 Å². The van der Waals surface area contributed by atoms with E-state index in [4.69, 9.17) is 14.2 Å². The number of methoxy groups -OCH3 is 1. The highest BCUT2D eigenvalue weighted by Gasteiger charge is 2.62. The van der Waals surface area contributed by atoms with Crippen molar-refractivity contribution >= 4 is 44.4 Å². The lowest BCUT2D eigenvalue weighted by Gasteiger charge is -2.29. The number of hydrogen-bond acceptors (Lipinski definition) is 10. The highest BCUT2D eigenvalue weighted by Crippen LogP contribution is 2.59. The third-order valence-electron chi connectivity index (χ3n) is 12.2. The molecule has 0 unspecified atom stereocenters. The van der Waals surface area contributed by atoms with Crippen LogP contribution in [0.4, 0.5) is 0 Å². The Morgan fingerprint density at radius 3 is 2.57 bits per heavy atom. The van der Waals surface area contributed by atoms with Crippen LogP contribution in [0.2, 0.25) is 0 Å². The molecule has 6 atom stereocenters. The molecule has 12 nitrogen and oxygen atoms in total. The van der Waals surface area contributed by atoms with Crippen LogP contribution in [0.5, 0.6) is 11.6 Å². The summed E-state index contributed by atoms with van der Waals surface area (Å²) in [6.45, 7) is 2.41. The van der Waals surface area contributed by atoms with E-state index in [-0.39, 0.29) is 55.9 Å². The summed E-state index contributed by atoms with van der Waals surface area (Å²) >= 11 is 0. The molecule has 2 amide bonds. The Hall–Kier alpha value is -3.74. The maximum Gasteiger partial charge on any atom is 0.306 e. The Morgan fingerprint density at radius 2 is 1.79 bits per heavy atom. The van der Waals surface area contributed by atoms with Crippen LogP contribution in [0.3, 0.4) is 0 Å². The molecule has 2 aliphatic carbocycles. The minimum Gasteiger partial charge on any atom is -0.496 e. The second-order valence-electron chi connectivity index (χ2n) is 16.3. The molecule has 288 valence electrons. The molecular weight excluding hydrogens is 699 g/mol. The molecule has 5 bridgehead atoms. The minimum atomic E-state index is -3.81. The maximum atomic E-state index is 14.6. The van der Waals surface area contributed by atoms with Crippen molar-refractivity contribution in [1.29, 1.82) is 0 Å². The number of carbonyl (C=O) groups is 4. The number of sulfonamides is 1. The average Bonchev–Trinajstić information content (AvgIpc) is 4.06. The Labute approximate surface area is 312 Å². The second kappa shape index (κ2) is 15.5. The molecule has 5 aliphatic rings. The van der Waals surface area contributed by atoms with Crippen molar-refractivity contribution in [2.24, 2.45) is 23.2 Å². The van der Waals surface area contributed by atoms with Gasteiger partial charge in [-0.25, -0.2) is 13.4 Å². The molecule has 13 heteroatoms. The first-order valence-electron chi connectivity index (χ1n) is 19.6. The number of nitrogens with zero attached hydrogens (tertiary/aromatic N) is 2. The molecule has 3 aliphatic heterocycles. The van der Waals surface area contributed by atoms with Crippen LogP contribution in [0, 0.1) is 23.2 Å². The van der Waals surface area contributed by atoms with Crippen molar-refractivity contribution in [3.8, 4) is 11.6 Å². The van der Waals surface area contributed by atoms with Crippen LogP contribution in [-0.2, 0) is 40.4 Å². The number of aromatic nitrogens is 1. The molecular formula is C40H53N3O9S. The Kier molecular flexibility index (Phi) is 11.0. The molecule has 2 aromatic rings. The van der Waals surface area contributed by atoms with Gasteiger partial charge in [-0.2, -0.15) is 0 Å². The number of rotatable bonds is 4. The van der Waals surface area contributed by atoms with Gasteiger partial charge >= 0.3 is 5.97 Å². The number of benzene rings is 1. The van der Waals surface area contributed by atoms with E-state index in [0.717, 1.165) is 79.9 Å². The van der Waals surface area contributed by atoms with Crippen LogP contribution in [0.15, 0.2) is 24.4 Å².